The molecule has 0 aliphatic carbocycles. The molecule has 0 bridgehead atoms. The van der Waals surface area contributed by atoms with Crippen molar-refractivity contribution in [2.45, 2.75) is 57.6 Å². The van der Waals surface area contributed by atoms with Gasteiger partial charge >= 0.3 is 0 Å². The number of halogens is 1. The standard InChI is InChI=1S/C23H40N4O3.HI/c1-3-26-13-4-7-20(26)19-25-23(24-12-9-21-8-5-17-29-21)27-14-10-22(11-15-27)30-18-6-16-28-2;/h5,8,17,20,22H,3-4,6-7,9-16,18-19H2,1-2H3,(H,24,25);1H. The van der Waals surface area contributed by atoms with E-state index in [9.17, 15) is 0 Å². The van der Waals surface area contributed by atoms with E-state index in [1.807, 2.05) is 12.1 Å². The zero-order valence-electron chi connectivity index (χ0n) is 19.3. The second-order valence-corrected chi connectivity index (χ2v) is 8.25. The first-order valence-corrected chi connectivity index (χ1v) is 11.7. The van der Waals surface area contributed by atoms with E-state index < -0.39 is 0 Å². The molecule has 0 amide bonds. The summed E-state index contributed by atoms with van der Waals surface area (Å²) in [6.45, 7) is 9.83. The fraction of sp³-hybridized carbons (Fsp3) is 0.783. The SMILES string of the molecule is CCN1CCCC1CN=C(NCCc1ccco1)N1CCC(OCCCOC)CC1.I. The van der Waals surface area contributed by atoms with Gasteiger partial charge in [0.15, 0.2) is 5.96 Å². The predicted molar refractivity (Wildman–Crippen MR) is 135 cm³/mol. The van der Waals surface area contributed by atoms with Crippen molar-refractivity contribution in [3.63, 3.8) is 0 Å². The van der Waals surface area contributed by atoms with Gasteiger partial charge in [0.25, 0.3) is 0 Å². The van der Waals surface area contributed by atoms with Crippen LogP contribution in [0.15, 0.2) is 27.8 Å². The first kappa shape index (κ1) is 26.4. The predicted octanol–water partition coefficient (Wildman–Crippen LogP) is 3.39. The highest BCUT2D eigenvalue weighted by Gasteiger charge is 2.25. The second-order valence-electron chi connectivity index (χ2n) is 8.25. The summed E-state index contributed by atoms with van der Waals surface area (Å²) in [7, 11) is 1.74. The van der Waals surface area contributed by atoms with Crippen LogP contribution in [-0.4, -0.2) is 87.5 Å². The number of ether oxygens (including phenoxy) is 2. The highest BCUT2D eigenvalue weighted by molar-refractivity contribution is 14.0. The van der Waals surface area contributed by atoms with Gasteiger partial charge in [0.2, 0.25) is 0 Å². The minimum Gasteiger partial charge on any atom is -0.469 e. The summed E-state index contributed by atoms with van der Waals surface area (Å²) >= 11 is 0. The lowest BCUT2D eigenvalue weighted by Gasteiger charge is -2.34. The van der Waals surface area contributed by atoms with E-state index in [0.29, 0.717) is 12.1 Å². The molecule has 1 aromatic rings. The maximum Gasteiger partial charge on any atom is 0.193 e. The van der Waals surface area contributed by atoms with E-state index in [-0.39, 0.29) is 24.0 Å². The van der Waals surface area contributed by atoms with Crippen molar-refractivity contribution in [3.05, 3.63) is 24.2 Å². The van der Waals surface area contributed by atoms with Gasteiger partial charge in [0, 0.05) is 52.4 Å². The number of likely N-dealkylation sites (N-methyl/N-ethyl adjacent to an activating group) is 1. The van der Waals surface area contributed by atoms with Crippen LogP contribution in [0.25, 0.3) is 0 Å². The smallest absolute Gasteiger partial charge is 0.193 e. The van der Waals surface area contributed by atoms with E-state index in [2.05, 4.69) is 22.0 Å². The Labute approximate surface area is 204 Å². The van der Waals surface area contributed by atoms with Gasteiger partial charge in [0.1, 0.15) is 5.76 Å². The third kappa shape index (κ3) is 8.90. The van der Waals surface area contributed by atoms with Crippen LogP contribution in [0, 0.1) is 0 Å². The van der Waals surface area contributed by atoms with Crippen molar-refractivity contribution in [3.8, 4) is 0 Å². The van der Waals surface area contributed by atoms with Gasteiger partial charge in [-0.2, -0.15) is 0 Å². The number of rotatable bonds is 11. The molecule has 0 saturated carbocycles. The average molecular weight is 549 g/mol. The minimum absolute atomic E-state index is 0. The number of methoxy groups -OCH3 is 1. The summed E-state index contributed by atoms with van der Waals surface area (Å²) in [4.78, 5) is 10.0. The van der Waals surface area contributed by atoms with Crippen LogP contribution < -0.4 is 5.32 Å². The first-order valence-electron chi connectivity index (χ1n) is 11.7. The lowest BCUT2D eigenvalue weighted by Crippen LogP contribution is -2.48. The molecule has 3 heterocycles. The molecular weight excluding hydrogens is 507 g/mol. The number of nitrogens with zero attached hydrogens (tertiary/aromatic N) is 3. The summed E-state index contributed by atoms with van der Waals surface area (Å²) in [6, 6.07) is 4.56. The van der Waals surface area contributed by atoms with Gasteiger partial charge in [-0.25, -0.2) is 0 Å². The number of hydrogen-bond donors (Lipinski definition) is 1. The number of hydrogen-bond acceptors (Lipinski definition) is 5. The number of aliphatic imine (C=N–C) groups is 1. The molecule has 1 aromatic heterocycles. The Morgan fingerprint density at radius 1 is 1.23 bits per heavy atom. The Kier molecular flexibility index (Phi) is 12.8. The van der Waals surface area contributed by atoms with Crippen LogP contribution in [0.1, 0.15) is 44.8 Å². The monoisotopic (exact) mass is 548 g/mol. The van der Waals surface area contributed by atoms with E-state index in [1.165, 1.54) is 19.4 Å². The highest BCUT2D eigenvalue weighted by Crippen LogP contribution is 2.18. The Bertz CT molecular complexity index is 606. The highest BCUT2D eigenvalue weighted by atomic mass is 127. The molecule has 1 atom stereocenters. The molecule has 8 heteroatoms. The summed E-state index contributed by atoms with van der Waals surface area (Å²) in [5.74, 6) is 2.06. The molecule has 178 valence electrons. The number of nitrogens with one attached hydrogen (secondary N) is 1. The van der Waals surface area contributed by atoms with E-state index in [4.69, 9.17) is 18.9 Å². The second kappa shape index (κ2) is 15.1. The normalized spacial score (nSPS) is 20.8. The van der Waals surface area contributed by atoms with Crippen LogP contribution in [0.3, 0.4) is 0 Å². The van der Waals surface area contributed by atoms with Crippen LogP contribution in [0.4, 0.5) is 0 Å². The van der Waals surface area contributed by atoms with Crippen molar-refractivity contribution in [2.24, 2.45) is 4.99 Å². The summed E-state index contributed by atoms with van der Waals surface area (Å²) in [5.41, 5.74) is 0. The summed E-state index contributed by atoms with van der Waals surface area (Å²) < 4.78 is 16.6. The minimum atomic E-state index is 0. The van der Waals surface area contributed by atoms with E-state index in [0.717, 1.165) is 83.3 Å². The molecule has 2 aliphatic rings. The Balaban J connectivity index is 0.00000341. The Morgan fingerprint density at radius 3 is 2.77 bits per heavy atom. The molecule has 3 rings (SSSR count). The quantitative estimate of drug-likeness (QED) is 0.198. The summed E-state index contributed by atoms with van der Waals surface area (Å²) in [5, 5.41) is 3.60. The zero-order chi connectivity index (χ0) is 21.0. The largest absolute Gasteiger partial charge is 0.469 e. The maximum atomic E-state index is 6.03. The van der Waals surface area contributed by atoms with Crippen molar-refractivity contribution in [1.82, 2.24) is 15.1 Å². The molecule has 31 heavy (non-hydrogen) atoms. The molecule has 2 aliphatic heterocycles. The van der Waals surface area contributed by atoms with Gasteiger partial charge in [0.05, 0.1) is 18.9 Å². The molecule has 0 radical (unpaired) electrons. The number of piperidine rings is 1. The van der Waals surface area contributed by atoms with Gasteiger partial charge in [-0.15, -0.1) is 24.0 Å². The van der Waals surface area contributed by atoms with Crippen molar-refractivity contribution < 1.29 is 13.9 Å². The van der Waals surface area contributed by atoms with Gasteiger partial charge in [-0.3, -0.25) is 9.89 Å². The van der Waals surface area contributed by atoms with E-state index in [1.54, 1.807) is 13.4 Å². The maximum absolute atomic E-state index is 6.03. The van der Waals surface area contributed by atoms with Crippen molar-refractivity contribution in [1.29, 1.82) is 0 Å². The van der Waals surface area contributed by atoms with Crippen LogP contribution in [0.2, 0.25) is 0 Å². The molecule has 1 unspecified atom stereocenters. The molecular formula is C23H41IN4O3. The van der Waals surface area contributed by atoms with Crippen LogP contribution in [0.5, 0.6) is 0 Å². The average Bonchev–Trinajstić information content (AvgIpc) is 3.46. The summed E-state index contributed by atoms with van der Waals surface area (Å²) in [6.07, 6.45) is 8.58. The first-order chi connectivity index (χ1) is 14.8. The fourth-order valence-corrected chi connectivity index (χ4v) is 4.42. The lowest BCUT2D eigenvalue weighted by molar-refractivity contribution is 0.00988. The number of likely N-dealkylation sites (tertiary alicyclic amines) is 2. The molecule has 1 N–H and O–H groups in total. The molecule has 2 fully saturated rings. The Hall–Kier alpha value is -0.840. The third-order valence-electron chi connectivity index (χ3n) is 6.18. The number of guanidine groups is 1. The third-order valence-corrected chi connectivity index (χ3v) is 6.18. The van der Waals surface area contributed by atoms with Crippen LogP contribution >= 0.6 is 24.0 Å². The van der Waals surface area contributed by atoms with Gasteiger partial charge in [-0.05, 0) is 57.3 Å². The van der Waals surface area contributed by atoms with Crippen molar-refractivity contribution >= 4 is 29.9 Å². The molecule has 0 aromatic carbocycles. The Morgan fingerprint density at radius 2 is 2.06 bits per heavy atom. The molecule has 0 spiro atoms. The van der Waals surface area contributed by atoms with E-state index >= 15 is 0 Å². The van der Waals surface area contributed by atoms with Gasteiger partial charge in [-0.1, -0.05) is 6.92 Å². The zero-order valence-corrected chi connectivity index (χ0v) is 21.6. The molecule has 2 saturated heterocycles. The molecule has 7 nitrogen and oxygen atoms in total. The fourth-order valence-electron chi connectivity index (χ4n) is 4.42. The number of furan rings is 1. The van der Waals surface area contributed by atoms with Crippen LogP contribution in [-0.2, 0) is 15.9 Å². The topological polar surface area (TPSA) is 62.5 Å². The lowest BCUT2D eigenvalue weighted by atomic mass is 10.1. The van der Waals surface area contributed by atoms with Crippen molar-refractivity contribution in [2.75, 3.05) is 59.6 Å². The van der Waals surface area contributed by atoms with Gasteiger partial charge < -0.3 is 24.1 Å².